The fraction of sp³-hybridized carbons (Fsp3) is 0.100. The molecule has 2 heteroatoms. The van der Waals surface area contributed by atoms with Crippen LogP contribution in [0.5, 0.6) is 0 Å². The van der Waals surface area contributed by atoms with Gasteiger partial charge in [0.15, 0.2) is 0 Å². The lowest BCUT2D eigenvalue weighted by Gasteiger charge is -2.01. The average Bonchev–Trinajstić information content (AvgIpc) is 2.05. The van der Waals surface area contributed by atoms with Crippen LogP contribution in [0.2, 0.25) is 0 Å². The molecule has 0 aliphatic heterocycles. The number of aryl methyl sites for hydroxylation is 1. The maximum Gasteiger partial charge on any atom is 0.343 e. The molecular weight excluding hydrogens is 152 g/mol. The highest BCUT2D eigenvalue weighted by molar-refractivity contribution is 5.91. The van der Waals surface area contributed by atoms with Gasteiger partial charge in [-0.05, 0) is 18.6 Å². The van der Waals surface area contributed by atoms with Crippen molar-refractivity contribution in [1.29, 1.82) is 0 Å². The van der Waals surface area contributed by atoms with E-state index in [2.05, 4.69) is 11.3 Å². The smallest absolute Gasteiger partial charge is 0.343 e. The Labute approximate surface area is 71.5 Å². The molecule has 0 saturated carbocycles. The molecule has 0 unspecified atom stereocenters. The van der Waals surface area contributed by atoms with Gasteiger partial charge in [-0.15, -0.1) is 0 Å². The molecule has 1 rings (SSSR count). The Balaban J connectivity index is 2.94. The van der Waals surface area contributed by atoms with Gasteiger partial charge in [-0.2, -0.15) is 0 Å². The second-order valence-electron chi connectivity index (χ2n) is 2.39. The minimum atomic E-state index is -0.358. The average molecular weight is 162 g/mol. The number of rotatable bonds is 2. The van der Waals surface area contributed by atoms with Gasteiger partial charge in [-0.3, -0.25) is 0 Å². The summed E-state index contributed by atoms with van der Waals surface area (Å²) in [6.45, 7) is 5.17. The molecule has 0 aliphatic rings. The van der Waals surface area contributed by atoms with Gasteiger partial charge < -0.3 is 4.74 Å². The molecule has 0 saturated heterocycles. The van der Waals surface area contributed by atoms with Gasteiger partial charge in [0.25, 0.3) is 0 Å². The van der Waals surface area contributed by atoms with Crippen LogP contribution in [0.1, 0.15) is 15.9 Å². The van der Waals surface area contributed by atoms with Gasteiger partial charge >= 0.3 is 5.97 Å². The molecule has 0 bridgehead atoms. The van der Waals surface area contributed by atoms with Crippen LogP contribution in [-0.4, -0.2) is 5.97 Å². The third-order valence-electron chi connectivity index (χ3n) is 1.56. The van der Waals surface area contributed by atoms with E-state index in [0.29, 0.717) is 5.56 Å². The number of hydrogen-bond acceptors (Lipinski definition) is 2. The Bertz CT molecular complexity index is 302. The van der Waals surface area contributed by atoms with Crippen LogP contribution >= 0.6 is 0 Å². The summed E-state index contributed by atoms with van der Waals surface area (Å²) in [5.41, 5.74) is 1.49. The lowest BCUT2D eigenvalue weighted by Crippen LogP contribution is -2.02. The quantitative estimate of drug-likeness (QED) is 0.492. The lowest BCUT2D eigenvalue weighted by molar-refractivity contribution is 0.0663. The molecule has 1 aromatic rings. The predicted molar refractivity (Wildman–Crippen MR) is 46.8 cm³/mol. The maximum atomic E-state index is 11.2. The summed E-state index contributed by atoms with van der Waals surface area (Å²) in [6.07, 6.45) is 1.13. The number of hydrogen-bond donors (Lipinski definition) is 0. The Morgan fingerprint density at radius 2 is 2.17 bits per heavy atom. The minimum Gasteiger partial charge on any atom is -0.432 e. The first-order valence-corrected chi connectivity index (χ1v) is 3.63. The van der Waals surface area contributed by atoms with Crippen LogP contribution in [-0.2, 0) is 4.74 Å². The zero-order chi connectivity index (χ0) is 8.97. The number of ether oxygens (including phenoxy) is 1. The number of carbonyl (C=O) groups excluding carboxylic acids is 1. The van der Waals surface area contributed by atoms with E-state index in [1.165, 1.54) is 0 Å². The van der Waals surface area contributed by atoms with E-state index in [0.717, 1.165) is 11.8 Å². The van der Waals surface area contributed by atoms with Crippen molar-refractivity contribution in [1.82, 2.24) is 0 Å². The van der Waals surface area contributed by atoms with Crippen LogP contribution in [0, 0.1) is 6.92 Å². The number of benzene rings is 1. The SMILES string of the molecule is C=COC(=O)c1ccccc1C. The minimum absolute atomic E-state index is 0.358. The van der Waals surface area contributed by atoms with Crippen molar-refractivity contribution in [2.45, 2.75) is 6.92 Å². The fourth-order valence-electron chi connectivity index (χ4n) is 0.941. The highest BCUT2D eigenvalue weighted by Gasteiger charge is 2.06. The van der Waals surface area contributed by atoms with E-state index in [1.807, 2.05) is 19.1 Å². The molecule has 0 radical (unpaired) electrons. The van der Waals surface area contributed by atoms with E-state index >= 15 is 0 Å². The maximum absolute atomic E-state index is 11.2. The fourth-order valence-corrected chi connectivity index (χ4v) is 0.941. The molecule has 0 fully saturated rings. The van der Waals surface area contributed by atoms with Crippen molar-refractivity contribution in [2.24, 2.45) is 0 Å². The van der Waals surface area contributed by atoms with Gasteiger partial charge in [0, 0.05) is 0 Å². The summed E-state index contributed by atoms with van der Waals surface area (Å²) < 4.78 is 4.63. The first-order chi connectivity index (χ1) is 5.75. The van der Waals surface area contributed by atoms with E-state index in [4.69, 9.17) is 0 Å². The molecule has 0 spiro atoms. The molecule has 0 atom stereocenters. The Morgan fingerprint density at radius 3 is 2.75 bits per heavy atom. The van der Waals surface area contributed by atoms with Gasteiger partial charge in [-0.25, -0.2) is 4.79 Å². The third kappa shape index (κ3) is 1.72. The zero-order valence-corrected chi connectivity index (χ0v) is 6.91. The highest BCUT2D eigenvalue weighted by Crippen LogP contribution is 2.08. The van der Waals surface area contributed by atoms with Crippen molar-refractivity contribution in [3.8, 4) is 0 Å². The van der Waals surface area contributed by atoms with Gasteiger partial charge in [0.05, 0.1) is 11.8 Å². The first-order valence-electron chi connectivity index (χ1n) is 3.63. The molecule has 0 aliphatic carbocycles. The van der Waals surface area contributed by atoms with Gasteiger partial charge in [-0.1, -0.05) is 24.8 Å². The van der Waals surface area contributed by atoms with Crippen LogP contribution < -0.4 is 0 Å². The second kappa shape index (κ2) is 3.72. The summed E-state index contributed by atoms with van der Waals surface area (Å²) in [5.74, 6) is -0.358. The van der Waals surface area contributed by atoms with E-state index in [9.17, 15) is 4.79 Å². The summed E-state index contributed by atoms with van der Waals surface area (Å²) in [6, 6.07) is 7.26. The van der Waals surface area contributed by atoms with Crippen LogP contribution in [0.3, 0.4) is 0 Å². The highest BCUT2D eigenvalue weighted by atomic mass is 16.5. The van der Waals surface area contributed by atoms with Crippen LogP contribution in [0.15, 0.2) is 37.1 Å². The Hall–Kier alpha value is -1.57. The molecule has 0 amide bonds. The van der Waals surface area contributed by atoms with Crippen molar-refractivity contribution in [3.63, 3.8) is 0 Å². The molecule has 1 aromatic carbocycles. The zero-order valence-electron chi connectivity index (χ0n) is 6.91. The monoisotopic (exact) mass is 162 g/mol. The molecule has 2 nitrogen and oxygen atoms in total. The largest absolute Gasteiger partial charge is 0.432 e. The molecule has 62 valence electrons. The van der Waals surface area contributed by atoms with Crippen molar-refractivity contribution >= 4 is 5.97 Å². The summed E-state index contributed by atoms with van der Waals surface area (Å²) in [5, 5.41) is 0. The number of esters is 1. The molecule has 0 heterocycles. The van der Waals surface area contributed by atoms with Crippen LogP contribution in [0.25, 0.3) is 0 Å². The summed E-state index contributed by atoms with van der Waals surface area (Å²) >= 11 is 0. The van der Waals surface area contributed by atoms with E-state index in [-0.39, 0.29) is 5.97 Å². The molecule has 0 aromatic heterocycles. The van der Waals surface area contributed by atoms with E-state index < -0.39 is 0 Å². The second-order valence-corrected chi connectivity index (χ2v) is 2.39. The topological polar surface area (TPSA) is 26.3 Å². The van der Waals surface area contributed by atoms with Crippen molar-refractivity contribution in [2.75, 3.05) is 0 Å². The van der Waals surface area contributed by atoms with Gasteiger partial charge in [0.1, 0.15) is 0 Å². The summed E-state index contributed by atoms with van der Waals surface area (Å²) in [7, 11) is 0. The van der Waals surface area contributed by atoms with Gasteiger partial charge in [0.2, 0.25) is 0 Å². The van der Waals surface area contributed by atoms with Crippen molar-refractivity contribution < 1.29 is 9.53 Å². The molecular formula is C10H10O2. The molecule has 12 heavy (non-hydrogen) atoms. The summed E-state index contributed by atoms with van der Waals surface area (Å²) in [4.78, 5) is 11.2. The Kier molecular flexibility index (Phi) is 2.64. The Morgan fingerprint density at radius 1 is 1.50 bits per heavy atom. The van der Waals surface area contributed by atoms with E-state index in [1.54, 1.807) is 12.1 Å². The standard InChI is InChI=1S/C10H10O2/c1-3-12-10(11)9-7-5-4-6-8(9)2/h3-7H,1H2,2H3. The van der Waals surface area contributed by atoms with Crippen LogP contribution in [0.4, 0.5) is 0 Å². The third-order valence-corrected chi connectivity index (χ3v) is 1.56. The molecule has 0 N–H and O–H groups in total. The van der Waals surface area contributed by atoms with Crippen molar-refractivity contribution in [3.05, 3.63) is 48.2 Å². The normalized spacial score (nSPS) is 9.08. The first kappa shape index (κ1) is 8.53. The predicted octanol–water partition coefficient (Wildman–Crippen LogP) is 2.30. The lowest BCUT2D eigenvalue weighted by atomic mass is 10.1. The number of carbonyl (C=O) groups is 1.